The van der Waals surface area contributed by atoms with E-state index in [2.05, 4.69) is 53.1 Å². The lowest BCUT2D eigenvalue weighted by molar-refractivity contribution is -0.144. The number of carbonyl (C=O) groups excluding carboxylic acids is 1. The van der Waals surface area contributed by atoms with Crippen LogP contribution in [0.25, 0.3) is 0 Å². The lowest BCUT2D eigenvalue weighted by atomic mass is 9.97. The van der Waals surface area contributed by atoms with Crippen molar-refractivity contribution < 1.29 is 23.1 Å². The van der Waals surface area contributed by atoms with Gasteiger partial charge in [-0.05, 0) is 78.8 Å². The zero-order chi connectivity index (χ0) is 18.2. The van der Waals surface area contributed by atoms with Gasteiger partial charge in [0.15, 0.2) is 0 Å². The van der Waals surface area contributed by atoms with E-state index < -0.39 is 28.7 Å². The topological polar surface area (TPSA) is 101 Å². The summed E-state index contributed by atoms with van der Waals surface area (Å²) in [5.41, 5.74) is -1.20. The molecule has 0 atom stereocenters. The van der Waals surface area contributed by atoms with Crippen LogP contribution in [-0.2, 0) is 14.6 Å². The smallest absolute Gasteiger partial charge is 0.329 e. The third-order valence-electron chi connectivity index (χ3n) is 3.93. The van der Waals surface area contributed by atoms with E-state index in [0.29, 0.717) is 12.8 Å². The van der Waals surface area contributed by atoms with Gasteiger partial charge in [0.1, 0.15) is 5.54 Å². The molecule has 24 heavy (non-hydrogen) atoms. The van der Waals surface area contributed by atoms with Gasteiger partial charge in [0.2, 0.25) is 11.3 Å². The van der Waals surface area contributed by atoms with Gasteiger partial charge in [-0.1, -0.05) is 18.9 Å². The van der Waals surface area contributed by atoms with E-state index in [1.54, 1.807) is 0 Å². The van der Waals surface area contributed by atoms with Crippen LogP contribution < -0.4 is 5.32 Å². The lowest BCUT2D eigenvalue weighted by Gasteiger charge is -2.25. The number of carboxylic acids is 1. The number of alkyl halides is 3. The number of halogens is 3. The fraction of sp³-hybridized carbons (Fsp3) is 0.429. The molecule has 1 aromatic rings. The van der Waals surface area contributed by atoms with Gasteiger partial charge in [-0.25, -0.2) is 13.2 Å². The molecule has 1 fully saturated rings. The van der Waals surface area contributed by atoms with Crippen LogP contribution >= 0.6 is 47.8 Å². The summed E-state index contributed by atoms with van der Waals surface area (Å²) >= 11 is 8.89. The first kappa shape index (κ1) is 19.9. The average molecular weight is 548 g/mol. The van der Waals surface area contributed by atoms with Crippen molar-refractivity contribution in [3.05, 3.63) is 29.8 Å². The molecule has 0 saturated heterocycles. The molecule has 0 bridgehead atoms. The summed E-state index contributed by atoms with van der Waals surface area (Å²) in [7, 11) is -3.84. The van der Waals surface area contributed by atoms with Gasteiger partial charge in [-0.15, -0.1) is 0 Å². The van der Waals surface area contributed by atoms with Crippen LogP contribution in [0, 0.1) is 0 Å². The van der Waals surface area contributed by atoms with E-state index in [-0.39, 0.29) is 10.5 Å². The standard InChI is InChI=1S/C14H14Br3NO5S/c15-14(16,17)24(22,23)10-5-3-4-9(8-10)11(19)18-13(12(20)21)6-1-2-7-13/h3-5,8H,1-2,6-7H2,(H,18,19)(H,20,21). The number of amides is 1. The maximum Gasteiger partial charge on any atom is 0.329 e. The number of aliphatic carboxylic acids is 1. The number of carbonyl (C=O) groups is 2. The van der Waals surface area contributed by atoms with E-state index in [0.717, 1.165) is 12.8 Å². The first-order chi connectivity index (χ1) is 11.0. The van der Waals surface area contributed by atoms with E-state index in [9.17, 15) is 23.1 Å². The van der Waals surface area contributed by atoms with E-state index in [4.69, 9.17) is 0 Å². The minimum absolute atomic E-state index is 0.0837. The number of benzene rings is 1. The largest absolute Gasteiger partial charge is 0.480 e. The third-order valence-corrected chi connectivity index (χ3v) is 9.25. The summed E-state index contributed by atoms with van der Waals surface area (Å²) in [6.07, 6.45) is 2.17. The van der Waals surface area contributed by atoms with Crippen molar-refractivity contribution in [2.45, 2.75) is 37.6 Å². The van der Waals surface area contributed by atoms with Crippen molar-refractivity contribution in [1.29, 1.82) is 0 Å². The highest BCUT2D eigenvalue weighted by Gasteiger charge is 2.43. The Balaban J connectivity index is 2.32. The maximum absolute atomic E-state index is 12.4. The van der Waals surface area contributed by atoms with Gasteiger partial charge in [0, 0.05) is 5.56 Å². The number of sulfone groups is 1. The maximum atomic E-state index is 12.4. The quantitative estimate of drug-likeness (QED) is 0.563. The summed E-state index contributed by atoms with van der Waals surface area (Å²) in [6, 6.07) is 5.45. The molecular formula is C14H14Br3NO5S. The Labute approximate surface area is 164 Å². The zero-order valence-corrected chi connectivity index (χ0v) is 17.8. The molecule has 2 rings (SSSR count). The first-order valence-corrected chi connectivity index (χ1v) is 10.8. The summed E-state index contributed by atoms with van der Waals surface area (Å²) in [5, 5.41) is 12.0. The predicted molar refractivity (Wildman–Crippen MR) is 99.4 cm³/mol. The van der Waals surface area contributed by atoms with Crippen LogP contribution in [-0.4, -0.2) is 32.4 Å². The number of nitrogens with one attached hydrogen (secondary N) is 1. The molecule has 1 aromatic carbocycles. The molecule has 1 aliphatic rings. The molecular weight excluding hydrogens is 534 g/mol. The Morgan fingerprint density at radius 2 is 1.75 bits per heavy atom. The van der Waals surface area contributed by atoms with Crippen LogP contribution in [0.3, 0.4) is 0 Å². The summed E-state index contributed by atoms with van der Waals surface area (Å²) < 4.78 is 23.2. The predicted octanol–water partition coefficient (Wildman–Crippen LogP) is 3.38. The highest BCUT2D eigenvalue weighted by Crippen LogP contribution is 2.43. The normalized spacial score (nSPS) is 17.5. The average Bonchev–Trinajstić information content (AvgIpc) is 2.96. The minimum Gasteiger partial charge on any atom is -0.480 e. The first-order valence-electron chi connectivity index (χ1n) is 6.97. The number of hydrogen-bond acceptors (Lipinski definition) is 4. The van der Waals surface area contributed by atoms with Crippen LogP contribution in [0.4, 0.5) is 0 Å². The van der Waals surface area contributed by atoms with E-state index in [1.807, 2.05) is 0 Å². The molecule has 0 heterocycles. The molecule has 10 heteroatoms. The van der Waals surface area contributed by atoms with Crippen molar-refractivity contribution in [1.82, 2.24) is 5.32 Å². The lowest BCUT2D eigenvalue weighted by Crippen LogP contribution is -2.52. The zero-order valence-electron chi connectivity index (χ0n) is 12.3. The van der Waals surface area contributed by atoms with Crippen LogP contribution in [0.5, 0.6) is 0 Å². The second-order valence-electron chi connectivity index (χ2n) is 5.53. The second-order valence-corrected chi connectivity index (χ2v) is 16.0. The molecule has 2 N–H and O–H groups in total. The Morgan fingerprint density at radius 1 is 1.17 bits per heavy atom. The summed E-state index contributed by atoms with van der Waals surface area (Å²) in [4.78, 5) is 23.9. The van der Waals surface area contributed by atoms with Crippen molar-refractivity contribution in [3.8, 4) is 0 Å². The van der Waals surface area contributed by atoms with Gasteiger partial charge >= 0.3 is 5.97 Å². The minimum atomic E-state index is -3.84. The van der Waals surface area contributed by atoms with Crippen molar-refractivity contribution >= 4 is 69.5 Å². The molecule has 1 saturated carbocycles. The Bertz CT molecular complexity index is 767. The molecule has 1 aliphatic carbocycles. The SMILES string of the molecule is O=C(NC1(C(=O)O)CCCC1)c1cccc(S(=O)(=O)C(Br)(Br)Br)c1. The van der Waals surface area contributed by atoms with Crippen molar-refractivity contribution in [2.24, 2.45) is 0 Å². The van der Waals surface area contributed by atoms with E-state index >= 15 is 0 Å². The van der Waals surface area contributed by atoms with Gasteiger partial charge < -0.3 is 10.4 Å². The van der Waals surface area contributed by atoms with E-state index in [1.165, 1.54) is 24.3 Å². The Morgan fingerprint density at radius 3 is 2.25 bits per heavy atom. The van der Waals surface area contributed by atoms with Gasteiger partial charge in [-0.3, -0.25) is 4.79 Å². The number of carboxylic acid groups (broad SMARTS) is 1. The fourth-order valence-corrected chi connectivity index (χ4v) is 5.09. The molecule has 0 aliphatic heterocycles. The monoisotopic (exact) mass is 545 g/mol. The second kappa shape index (κ2) is 7.05. The Kier molecular flexibility index (Phi) is 5.83. The Hall–Kier alpha value is -0.450. The summed E-state index contributed by atoms with van der Waals surface area (Å²) in [6.45, 7) is 0. The molecule has 0 aromatic heterocycles. The molecule has 132 valence electrons. The van der Waals surface area contributed by atoms with Crippen molar-refractivity contribution in [2.75, 3.05) is 0 Å². The van der Waals surface area contributed by atoms with Gasteiger partial charge in [0.05, 0.1) is 4.90 Å². The van der Waals surface area contributed by atoms with Crippen LogP contribution in [0.1, 0.15) is 36.0 Å². The molecule has 1 amide bonds. The molecule has 6 nitrogen and oxygen atoms in total. The summed E-state index contributed by atoms with van der Waals surface area (Å²) in [5.74, 6) is -1.68. The number of rotatable bonds is 4. The fourth-order valence-electron chi connectivity index (χ4n) is 2.60. The highest BCUT2D eigenvalue weighted by atomic mass is 80.0. The van der Waals surface area contributed by atoms with Crippen molar-refractivity contribution in [3.63, 3.8) is 0 Å². The molecule has 0 radical (unpaired) electrons. The third kappa shape index (κ3) is 3.86. The van der Waals surface area contributed by atoms with Crippen LogP contribution in [0.2, 0.25) is 0 Å². The number of hydrogen-bond donors (Lipinski definition) is 2. The van der Waals surface area contributed by atoms with Crippen LogP contribution in [0.15, 0.2) is 29.2 Å². The molecule has 0 spiro atoms. The highest BCUT2D eigenvalue weighted by molar-refractivity contribution is 9.42. The van der Waals surface area contributed by atoms with Gasteiger partial charge in [-0.2, -0.15) is 0 Å². The molecule has 0 unspecified atom stereocenters. The van der Waals surface area contributed by atoms with Gasteiger partial charge in [0.25, 0.3) is 5.91 Å².